The van der Waals surface area contributed by atoms with Gasteiger partial charge in [-0.1, -0.05) is 11.6 Å². The van der Waals surface area contributed by atoms with E-state index in [4.69, 9.17) is 30.4 Å². The lowest BCUT2D eigenvalue weighted by atomic mass is 9.79. The molecule has 1 fully saturated rings. The molecule has 27 heavy (non-hydrogen) atoms. The molecule has 0 aliphatic carbocycles. The topological polar surface area (TPSA) is 66.0 Å². The van der Waals surface area contributed by atoms with Crippen molar-refractivity contribution in [1.29, 1.82) is 0 Å². The van der Waals surface area contributed by atoms with Crippen molar-refractivity contribution in [1.82, 2.24) is 5.32 Å². The molecule has 0 radical (unpaired) electrons. The number of hydrogen-bond acceptors (Lipinski definition) is 5. The van der Waals surface area contributed by atoms with Gasteiger partial charge in [0.15, 0.2) is 0 Å². The fourth-order valence-electron chi connectivity index (χ4n) is 2.42. The standard InChI is InChI=1S/C19H29BClNO5/c1-17(2,3)25-16(23)22-8-9-24-15-11-13(10-14(21)12-15)20-26-18(4,5)19(6,7)27-20/h10-12H,8-9H2,1-7H3,(H,22,23). The molecule has 1 aliphatic heterocycles. The van der Waals surface area contributed by atoms with Crippen molar-refractivity contribution >= 4 is 30.3 Å². The van der Waals surface area contributed by atoms with Gasteiger partial charge in [0.1, 0.15) is 18.0 Å². The van der Waals surface area contributed by atoms with Gasteiger partial charge in [0.2, 0.25) is 0 Å². The molecule has 1 amide bonds. The lowest BCUT2D eigenvalue weighted by Gasteiger charge is -2.32. The highest BCUT2D eigenvalue weighted by molar-refractivity contribution is 6.62. The van der Waals surface area contributed by atoms with E-state index in [1.165, 1.54) is 0 Å². The van der Waals surface area contributed by atoms with Gasteiger partial charge in [0.05, 0.1) is 17.7 Å². The van der Waals surface area contributed by atoms with Gasteiger partial charge in [-0.05, 0) is 72.1 Å². The second-order valence-electron chi connectivity index (χ2n) is 8.59. The second-order valence-corrected chi connectivity index (χ2v) is 9.02. The Labute approximate surface area is 167 Å². The van der Waals surface area contributed by atoms with Crippen LogP contribution < -0.4 is 15.5 Å². The predicted molar refractivity (Wildman–Crippen MR) is 107 cm³/mol. The minimum absolute atomic E-state index is 0.280. The Morgan fingerprint density at radius 3 is 2.30 bits per heavy atom. The summed E-state index contributed by atoms with van der Waals surface area (Å²) >= 11 is 6.23. The number of carbonyl (C=O) groups excluding carboxylic acids is 1. The van der Waals surface area contributed by atoms with E-state index >= 15 is 0 Å². The van der Waals surface area contributed by atoms with E-state index in [-0.39, 0.29) is 6.61 Å². The van der Waals surface area contributed by atoms with Crippen LogP contribution in [0.3, 0.4) is 0 Å². The summed E-state index contributed by atoms with van der Waals surface area (Å²) in [6, 6.07) is 5.35. The number of benzene rings is 1. The maximum Gasteiger partial charge on any atom is 0.495 e. The van der Waals surface area contributed by atoms with Crippen LogP contribution in [0.4, 0.5) is 4.79 Å². The fraction of sp³-hybridized carbons (Fsp3) is 0.632. The molecule has 8 heteroatoms. The Bertz CT molecular complexity index is 671. The van der Waals surface area contributed by atoms with Crippen LogP contribution in [0.2, 0.25) is 5.02 Å². The van der Waals surface area contributed by atoms with Crippen LogP contribution in [0.25, 0.3) is 0 Å². The molecule has 0 spiro atoms. The third kappa shape index (κ3) is 6.02. The Morgan fingerprint density at radius 2 is 1.74 bits per heavy atom. The van der Waals surface area contributed by atoms with Crippen molar-refractivity contribution in [2.75, 3.05) is 13.2 Å². The first-order valence-corrected chi connectivity index (χ1v) is 9.43. The second kappa shape index (κ2) is 7.90. The number of nitrogens with one attached hydrogen (secondary N) is 1. The minimum atomic E-state index is -0.532. The Balaban J connectivity index is 1.93. The van der Waals surface area contributed by atoms with Crippen molar-refractivity contribution in [2.45, 2.75) is 65.3 Å². The number of halogens is 1. The van der Waals surface area contributed by atoms with Crippen molar-refractivity contribution in [3.8, 4) is 5.75 Å². The van der Waals surface area contributed by atoms with Gasteiger partial charge < -0.3 is 24.1 Å². The number of hydrogen-bond donors (Lipinski definition) is 1. The predicted octanol–water partition coefficient (Wildman–Crippen LogP) is 3.54. The number of ether oxygens (including phenoxy) is 2. The highest BCUT2D eigenvalue weighted by atomic mass is 35.5. The molecule has 0 unspecified atom stereocenters. The number of carbonyl (C=O) groups is 1. The van der Waals surface area contributed by atoms with Gasteiger partial charge in [-0.15, -0.1) is 0 Å². The van der Waals surface area contributed by atoms with Gasteiger partial charge in [-0.2, -0.15) is 0 Å². The lowest BCUT2D eigenvalue weighted by molar-refractivity contribution is 0.00578. The summed E-state index contributed by atoms with van der Waals surface area (Å²) in [5.74, 6) is 0.582. The van der Waals surface area contributed by atoms with E-state index in [0.717, 1.165) is 5.46 Å². The number of rotatable bonds is 5. The smallest absolute Gasteiger partial charge is 0.492 e. The first-order chi connectivity index (χ1) is 12.3. The quantitative estimate of drug-likeness (QED) is 0.608. The van der Waals surface area contributed by atoms with Crippen molar-refractivity contribution in [2.24, 2.45) is 0 Å². The van der Waals surface area contributed by atoms with Crippen LogP contribution in [0.15, 0.2) is 18.2 Å². The zero-order valence-corrected chi connectivity index (χ0v) is 17.9. The van der Waals surface area contributed by atoms with Crippen molar-refractivity contribution in [3.05, 3.63) is 23.2 Å². The summed E-state index contributed by atoms with van der Waals surface area (Å²) in [6.07, 6.45) is -0.477. The summed E-state index contributed by atoms with van der Waals surface area (Å²) in [7, 11) is -0.518. The van der Waals surface area contributed by atoms with Crippen molar-refractivity contribution in [3.63, 3.8) is 0 Å². The molecule has 0 aromatic heterocycles. The molecule has 1 aliphatic rings. The van der Waals surface area contributed by atoms with E-state index in [1.54, 1.807) is 12.1 Å². The van der Waals surface area contributed by atoms with Crippen molar-refractivity contribution < 1.29 is 23.6 Å². The van der Waals surface area contributed by atoms with Gasteiger partial charge >= 0.3 is 13.2 Å². The summed E-state index contributed by atoms with van der Waals surface area (Å²) in [5.41, 5.74) is -0.608. The molecule has 1 N–H and O–H groups in total. The molecule has 0 saturated carbocycles. The Morgan fingerprint density at radius 1 is 1.15 bits per heavy atom. The van der Waals surface area contributed by atoms with Gasteiger partial charge in [0.25, 0.3) is 0 Å². The molecule has 6 nitrogen and oxygen atoms in total. The van der Waals surface area contributed by atoms with Gasteiger partial charge in [-0.25, -0.2) is 4.79 Å². The fourth-order valence-corrected chi connectivity index (χ4v) is 2.65. The Hall–Kier alpha value is -1.44. The highest BCUT2D eigenvalue weighted by Gasteiger charge is 2.51. The molecule has 0 atom stereocenters. The van der Waals surface area contributed by atoms with Crippen LogP contribution in [-0.4, -0.2) is 43.2 Å². The molecule has 150 valence electrons. The maximum absolute atomic E-state index is 11.6. The number of amides is 1. The maximum atomic E-state index is 11.6. The van der Waals surface area contributed by atoms with Gasteiger partial charge in [0, 0.05) is 5.02 Å². The van der Waals surface area contributed by atoms with E-state index in [0.29, 0.717) is 17.3 Å². The zero-order valence-electron chi connectivity index (χ0n) is 17.1. The van der Waals surface area contributed by atoms with Crippen LogP contribution in [-0.2, 0) is 14.0 Å². The summed E-state index contributed by atoms with van der Waals surface area (Å²) in [5, 5.41) is 3.17. The lowest BCUT2D eigenvalue weighted by Crippen LogP contribution is -2.41. The summed E-state index contributed by atoms with van der Waals surface area (Å²) < 4.78 is 23.0. The van der Waals surface area contributed by atoms with Gasteiger partial charge in [-0.3, -0.25) is 0 Å². The average molecular weight is 398 g/mol. The number of alkyl carbamates (subject to hydrolysis) is 1. The largest absolute Gasteiger partial charge is 0.495 e. The van der Waals surface area contributed by atoms with E-state index < -0.39 is 30.0 Å². The minimum Gasteiger partial charge on any atom is -0.492 e. The summed E-state index contributed by atoms with van der Waals surface area (Å²) in [4.78, 5) is 11.6. The first kappa shape index (κ1) is 21.9. The summed E-state index contributed by atoms with van der Waals surface area (Å²) in [6.45, 7) is 14.0. The third-order valence-electron chi connectivity index (χ3n) is 4.46. The Kier molecular flexibility index (Phi) is 6.39. The molecular formula is C19H29BClNO5. The molecule has 1 heterocycles. The zero-order chi connectivity index (χ0) is 20.5. The SMILES string of the molecule is CC(C)(C)OC(=O)NCCOc1cc(Cl)cc(B2OC(C)(C)C(C)(C)O2)c1. The monoisotopic (exact) mass is 397 g/mol. The molecule has 1 aromatic rings. The molecule has 0 bridgehead atoms. The molecule has 1 aromatic carbocycles. The molecule has 2 rings (SSSR count). The molecular weight excluding hydrogens is 368 g/mol. The average Bonchev–Trinajstić information content (AvgIpc) is 2.70. The van der Waals surface area contributed by atoms with E-state index in [2.05, 4.69) is 5.32 Å². The van der Waals surface area contributed by atoms with Crippen LogP contribution >= 0.6 is 11.6 Å². The van der Waals surface area contributed by atoms with Crippen LogP contribution in [0, 0.1) is 0 Å². The van der Waals surface area contributed by atoms with E-state index in [9.17, 15) is 4.79 Å². The third-order valence-corrected chi connectivity index (χ3v) is 4.68. The molecule has 1 saturated heterocycles. The van der Waals surface area contributed by atoms with Crippen LogP contribution in [0.5, 0.6) is 5.75 Å². The van der Waals surface area contributed by atoms with E-state index in [1.807, 2.05) is 54.5 Å². The highest BCUT2D eigenvalue weighted by Crippen LogP contribution is 2.36. The normalized spacial score (nSPS) is 18.3. The first-order valence-electron chi connectivity index (χ1n) is 9.05. The van der Waals surface area contributed by atoms with Crippen LogP contribution in [0.1, 0.15) is 48.5 Å².